The monoisotopic (exact) mass is 516 g/mol. The van der Waals surface area contributed by atoms with Gasteiger partial charge in [-0.3, -0.25) is 9.59 Å². The molecule has 0 aromatic carbocycles. The molecule has 3 rings (SSSR count). The normalized spacial score (nSPS) is 34.0. The number of esters is 1. The number of aliphatic hydroxyl groups is 2. The summed E-state index contributed by atoms with van der Waals surface area (Å²) in [6.07, 6.45) is 11.0. The molecule has 37 heavy (non-hydrogen) atoms. The van der Waals surface area contributed by atoms with E-state index < -0.39 is 18.2 Å². The number of carbonyl (C=O) groups is 2. The molecule has 0 aromatic rings. The third kappa shape index (κ3) is 7.14. The fourth-order valence-corrected chi connectivity index (χ4v) is 7.34. The molecule has 0 radical (unpaired) electrons. The molecular weight excluding hydrogens is 468 g/mol. The summed E-state index contributed by atoms with van der Waals surface area (Å²) in [6, 6.07) is 0. The van der Waals surface area contributed by atoms with E-state index in [4.69, 9.17) is 9.84 Å². The highest BCUT2D eigenvalue weighted by atomic mass is 16.5. The van der Waals surface area contributed by atoms with Crippen molar-refractivity contribution in [3.63, 3.8) is 0 Å². The summed E-state index contributed by atoms with van der Waals surface area (Å²) in [4.78, 5) is 24.1. The van der Waals surface area contributed by atoms with Crippen LogP contribution in [0.2, 0.25) is 0 Å². The van der Waals surface area contributed by atoms with Crippen LogP contribution in [0.1, 0.15) is 91.9 Å². The summed E-state index contributed by atoms with van der Waals surface area (Å²) in [5, 5.41) is 29.3. The van der Waals surface area contributed by atoms with Crippen molar-refractivity contribution in [2.24, 2.45) is 35.0 Å². The van der Waals surface area contributed by atoms with Crippen LogP contribution in [0.15, 0.2) is 35.5 Å². The fourth-order valence-electron chi connectivity index (χ4n) is 7.34. The molecule has 0 saturated heterocycles. The molecule has 0 heterocycles. The van der Waals surface area contributed by atoms with E-state index in [1.54, 1.807) is 0 Å². The highest BCUT2D eigenvalue weighted by Crippen LogP contribution is 2.60. The molecule has 208 valence electrons. The van der Waals surface area contributed by atoms with Crippen LogP contribution < -0.4 is 0 Å². The average molecular weight is 517 g/mol. The van der Waals surface area contributed by atoms with Crippen molar-refractivity contribution in [2.45, 2.75) is 104 Å². The number of hydrogen-bond donors (Lipinski definition) is 3. The van der Waals surface area contributed by atoms with Gasteiger partial charge in [0.05, 0.1) is 24.5 Å². The molecule has 3 fully saturated rings. The Morgan fingerprint density at radius 2 is 1.89 bits per heavy atom. The minimum absolute atomic E-state index is 0.0696. The minimum atomic E-state index is -0.956. The van der Waals surface area contributed by atoms with Crippen LogP contribution in [0.25, 0.3) is 0 Å². The third-order valence-electron chi connectivity index (χ3n) is 9.49. The zero-order valence-electron chi connectivity index (χ0n) is 23.2. The molecular formula is C31H48O6. The van der Waals surface area contributed by atoms with E-state index in [9.17, 15) is 19.8 Å². The van der Waals surface area contributed by atoms with E-state index in [-0.39, 0.29) is 36.2 Å². The number of carboxylic acid groups (broad SMARTS) is 1. The molecule has 0 amide bonds. The lowest BCUT2D eigenvalue weighted by molar-refractivity contribution is -0.154. The molecule has 3 aliphatic carbocycles. The Kier molecular flexibility index (Phi) is 10.2. The summed E-state index contributed by atoms with van der Waals surface area (Å²) in [5.41, 5.74) is 3.18. The number of ether oxygens (including phenoxy) is 1. The molecule has 3 N–H and O–H groups in total. The predicted octanol–water partition coefficient (Wildman–Crippen LogP) is 5.83. The van der Waals surface area contributed by atoms with Gasteiger partial charge in [0.25, 0.3) is 0 Å². The first-order valence-electron chi connectivity index (χ1n) is 14.3. The smallest absolute Gasteiger partial charge is 0.309 e. The standard InChI is InChI=1S/C31H48O6/c1-19(2)8-11-25(30(36)37-16-14-29(34)35)21(4)26-12-13-27-22(7-6-15-31(26,27)5)9-10-23-17-24(32)18-28(33)20(23)3/h9-10,19,21,24-28,32-33H,3,6-8,11-18H2,1-2,4-5H3,(H,34,35)/b22-9?,23-10-/t21-,24-,25?,26-,27?,28-,31-/m1/s1. The summed E-state index contributed by atoms with van der Waals surface area (Å²) in [5.74, 6) is 0.0670. The number of fused-ring (bicyclic) bond motifs is 1. The number of hydrogen-bond acceptors (Lipinski definition) is 5. The molecule has 0 aliphatic heterocycles. The van der Waals surface area contributed by atoms with Crippen molar-refractivity contribution in [3.05, 3.63) is 35.5 Å². The maximum atomic E-state index is 13.1. The van der Waals surface area contributed by atoms with Gasteiger partial charge in [0.1, 0.15) is 6.61 Å². The maximum Gasteiger partial charge on any atom is 0.309 e. The van der Waals surface area contributed by atoms with Crippen LogP contribution in [0, 0.1) is 35.0 Å². The lowest BCUT2D eigenvalue weighted by Crippen LogP contribution is -2.40. The van der Waals surface area contributed by atoms with E-state index >= 15 is 0 Å². The Balaban J connectivity index is 1.78. The predicted molar refractivity (Wildman–Crippen MR) is 145 cm³/mol. The van der Waals surface area contributed by atoms with Crippen LogP contribution in [0.4, 0.5) is 0 Å². The van der Waals surface area contributed by atoms with E-state index in [1.165, 1.54) is 5.57 Å². The molecule has 0 spiro atoms. The molecule has 3 saturated carbocycles. The molecule has 0 aromatic heterocycles. The Hall–Kier alpha value is -1.92. The van der Waals surface area contributed by atoms with Crippen LogP contribution in [-0.2, 0) is 14.3 Å². The molecule has 6 heteroatoms. The Bertz CT molecular complexity index is 901. The second-order valence-corrected chi connectivity index (χ2v) is 12.4. The highest BCUT2D eigenvalue weighted by Gasteiger charge is 2.52. The number of carbonyl (C=O) groups excluding carboxylic acids is 1. The number of carboxylic acids is 1. The van der Waals surface area contributed by atoms with Crippen molar-refractivity contribution in [1.82, 2.24) is 0 Å². The lowest BCUT2D eigenvalue weighted by atomic mass is 9.59. The molecule has 6 nitrogen and oxygen atoms in total. The molecule has 2 unspecified atom stereocenters. The first-order valence-corrected chi connectivity index (χ1v) is 14.3. The van der Waals surface area contributed by atoms with Crippen LogP contribution in [-0.4, -0.2) is 46.1 Å². The summed E-state index contributed by atoms with van der Waals surface area (Å²) >= 11 is 0. The van der Waals surface area contributed by atoms with E-state index in [0.717, 1.165) is 50.5 Å². The van der Waals surface area contributed by atoms with Gasteiger partial charge in [0.2, 0.25) is 0 Å². The Morgan fingerprint density at radius 1 is 1.16 bits per heavy atom. The van der Waals surface area contributed by atoms with Crippen LogP contribution in [0.3, 0.4) is 0 Å². The maximum absolute atomic E-state index is 13.1. The van der Waals surface area contributed by atoms with Crippen molar-refractivity contribution in [3.8, 4) is 0 Å². The average Bonchev–Trinajstić information content (AvgIpc) is 3.17. The van der Waals surface area contributed by atoms with E-state index in [2.05, 4.69) is 46.4 Å². The lowest BCUT2D eigenvalue weighted by Gasteiger charge is -2.45. The number of allylic oxidation sites excluding steroid dienone is 3. The van der Waals surface area contributed by atoms with Gasteiger partial charge in [-0.05, 0) is 85.2 Å². The van der Waals surface area contributed by atoms with Gasteiger partial charge >= 0.3 is 11.9 Å². The fraction of sp³-hybridized carbons (Fsp3) is 0.742. The Labute approximate surface area is 222 Å². The molecule has 3 aliphatic rings. The molecule has 0 bridgehead atoms. The second kappa shape index (κ2) is 12.8. The van der Waals surface area contributed by atoms with E-state index in [0.29, 0.717) is 36.2 Å². The van der Waals surface area contributed by atoms with Crippen molar-refractivity contribution in [2.75, 3.05) is 6.61 Å². The molecule has 7 atom stereocenters. The number of aliphatic hydroxyl groups excluding tert-OH is 2. The quantitative estimate of drug-likeness (QED) is 0.316. The van der Waals surface area contributed by atoms with Gasteiger partial charge in [0, 0.05) is 6.42 Å². The number of aliphatic carboxylic acids is 1. The first-order chi connectivity index (χ1) is 17.4. The summed E-state index contributed by atoms with van der Waals surface area (Å²) < 4.78 is 5.46. The minimum Gasteiger partial charge on any atom is -0.481 e. The van der Waals surface area contributed by atoms with Crippen molar-refractivity contribution >= 4 is 11.9 Å². The van der Waals surface area contributed by atoms with E-state index in [1.807, 2.05) is 0 Å². The van der Waals surface area contributed by atoms with Gasteiger partial charge in [0.15, 0.2) is 0 Å². The SMILES string of the molecule is C=C1/C(=C\C=C2CCC[C@@]3(C)C2CC[C@@H]3[C@H](C)C(CCC(C)C)C(=O)OCCC(=O)O)C[C@@H](O)C[C@H]1O. The van der Waals surface area contributed by atoms with Crippen molar-refractivity contribution in [1.29, 1.82) is 0 Å². The highest BCUT2D eigenvalue weighted by molar-refractivity contribution is 5.73. The van der Waals surface area contributed by atoms with Gasteiger partial charge in [-0.1, -0.05) is 58.4 Å². The van der Waals surface area contributed by atoms with Crippen LogP contribution in [0.5, 0.6) is 0 Å². The third-order valence-corrected chi connectivity index (χ3v) is 9.49. The Morgan fingerprint density at radius 3 is 2.57 bits per heavy atom. The van der Waals surface area contributed by atoms with Crippen molar-refractivity contribution < 1.29 is 29.6 Å². The largest absolute Gasteiger partial charge is 0.481 e. The summed E-state index contributed by atoms with van der Waals surface area (Å²) in [7, 11) is 0. The second-order valence-electron chi connectivity index (χ2n) is 12.4. The first kappa shape index (κ1) is 29.6. The zero-order valence-corrected chi connectivity index (χ0v) is 23.2. The van der Waals surface area contributed by atoms with Crippen LogP contribution >= 0.6 is 0 Å². The topological polar surface area (TPSA) is 104 Å². The van der Waals surface area contributed by atoms with Gasteiger partial charge in [-0.25, -0.2) is 0 Å². The number of rotatable bonds is 10. The summed E-state index contributed by atoms with van der Waals surface area (Å²) in [6.45, 7) is 12.9. The van der Waals surface area contributed by atoms with Gasteiger partial charge in [-0.15, -0.1) is 0 Å². The van der Waals surface area contributed by atoms with Gasteiger partial charge in [-0.2, -0.15) is 0 Å². The zero-order chi connectivity index (χ0) is 27.3. The van der Waals surface area contributed by atoms with Gasteiger partial charge < -0.3 is 20.1 Å².